The summed E-state index contributed by atoms with van der Waals surface area (Å²) in [5.74, 6) is -2.52. The molecule has 2 aliphatic carbocycles. The number of piperazine rings is 2. The monoisotopic (exact) mass is 1070 g/mol. The largest absolute Gasteiger partial charge is 0.347 e. The molecule has 3 aliphatic heterocycles. The molecule has 422 valence electrons. The van der Waals surface area contributed by atoms with Gasteiger partial charge in [0, 0.05) is 51.1 Å². The van der Waals surface area contributed by atoms with Gasteiger partial charge in [0.25, 0.3) is 0 Å². The van der Waals surface area contributed by atoms with Gasteiger partial charge in [-0.3, -0.25) is 38.4 Å². The highest BCUT2D eigenvalue weighted by molar-refractivity contribution is 5.96. The zero-order valence-corrected chi connectivity index (χ0v) is 47.3. The molecule has 0 spiro atoms. The third-order valence-corrected chi connectivity index (χ3v) is 16.6. The van der Waals surface area contributed by atoms with E-state index < -0.39 is 47.1 Å². The molecule has 3 fully saturated rings. The first-order chi connectivity index (χ1) is 36.5. The molecule has 0 saturated carbocycles. The molecule has 19 heteroatoms. The van der Waals surface area contributed by atoms with Gasteiger partial charge in [-0.05, 0) is 112 Å². The molecule has 7 rings (SSSR count). The first-order valence-electron chi connectivity index (χ1n) is 28.1. The summed E-state index contributed by atoms with van der Waals surface area (Å²) < 4.78 is 0. The van der Waals surface area contributed by atoms with E-state index in [-0.39, 0.29) is 124 Å². The van der Waals surface area contributed by atoms with E-state index in [2.05, 4.69) is 49.4 Å². The Morgan fingerprint density at radius 3 is 1.30 bits per heavy atom. The molecular formula is C58H87N11O8. The molecule has 10 atom stereocenters. The number of likely N-dealkylation sites (N-methyl/N-ethyl adjacent to an activating group) is 2. The number of amides is 8. The summed E-state index contributed by atoms with van der Waals surface area (Å²) >= 11 is 0. The minimum Gasteiger partial charge on any atom is -0.347 e. The topological polar surface area (TPSA) is 234 Å². The quantitative estimate of drug-likeness (QED) is 0.129. The fraction of sp³-hybridized carbons (Fsp3) is 0.655. The van der Waals surface area contributed by atoms with Crippen LogP contribution in [0, 0.1) is 10.8 Å². The van der Waals surface area contributed by atoms with Gasteiger partial charge in [0.2, 0.25) is 47.3 Å². The van der Waals surface area contributed by atoms with Crippen LogP contribution in [0.15, 0.2) is 48.5 Å². The van der Waals surface area contributed by atoms with Crippen LogP contribution in [0.5, 0.6) is 0 Å². The zero-order valence-electron chi connectivity index (χ0n) is 47.3. The summed E-state index contributed by atoms with van der Waals surface area (Å²) in [5, 5.41) is 21.8. The summed E-state index contributed by atoms with van der Waals surface area (Å²) in [6, 6.07) is 10.1. The second kappa shape index (κ2) is 25.3. The average molecular weight is 1070 g/mol. The van der Waals surface area contributed by atoms with E-state index in [0.717, 1.165) is 49.7 Å². The van der Waals surface area contributed by atoms with Crippen molar-refractivity contribution in [2.45, 2.75) is 180 Å². The Balaban J connectivity index is 1.02. The number of hydrogen-bond acceptors (Lipinski definition) is 11. The second-order valence-corrected chi connectivity index (χ2v) is 24.3. The Kier molecular flexibility index (Phi) is 19.3. The van der Waals surface area contributed by atoms with Gasteiger partial charge in [0.15, 0.2) is 0 Å². The van der Waals surface area contributed by atoms with Crippen LogP contribution in [0.3, 0.4) is 0 Å². The number of carbonyl (C=O) groups is 8. The molecular weight excluding hydrogens is 979 g/mol. The van der Waals surface area contributed by atoms with Crippen molar-refractivity contribution in [1.29, 1.82) is 0 Å². The van der Waals surface area contributed by atoms with Crippen LogP contribution in [0.25, 0.3) is 0 Å². The van der Waals surface area contributed by atoms with Crippen molar-refractivity contribution >= 4 is 47.3 Å². The van der Waals surface area contributed by atoms with Crippen molar-refractivity contribution in [3.63, 3.8) is 0 Å². The maximum atomic E-state index is 14.7. The smallest absolute Gasteiger partial charge is 0.246 e. The van der Waals surface area contributed by atoms with Crippen molar-refractivity contribution in [3.8, 4) is 0 Å². The second-order valence-electron chi connectivity index (χ2n) is 24.3. The van der Waals surface area contributed by atoms with Gasteiger partial charge in [-0.15, -0.1) is 0 Å². The molecule has 5 aliphatic rings. The lowest BCUT2D eigenvalue weighted by atomic mass is 9.85. The Morgan fingerprint density at radius 1 is 0.558 bits per heavy atom. The lowest BCUT2D eigenvalue weighted by molar-refractivity contribution is -0.152. The minimum atomic E-state index is -1.01. The van der Waals surface area contributed by atoms with E-state index in [9.17, 15) is 38.4 Å². The highest BCUT2D eigenvalue weighted by atomic mass is 16.2. The number of fused-ring (bicyclic) bond motifs is 2. The van der Waals surface area contributed by atoms with Crippen LogP contribution < -0.4 is 37.2 Å². The normalized spacial score (nSPS) is 24.3. The predicted molar refractivity (Wildman–Crippen MR) is 294 cm³/mol. The number of hydrogen-bond donors (Lipinski definition) is 7. The highest BCUT2D eigenvalue weighted by Crippen LogP contribution is 2.33. The standard InChI is InChI=1S/C58H87N11O8/c1-35(59-9)51(72)64-49(57(3,4)5)55(76)68-29-27-66(33-45(68)53(74)62-43-23-15-19-37-17-11-13-21-41(37)43)47(70)31-39-25-26-40(61-39)32-48(71)67-28-30-69(56(77)50(58(6,7)8)65-52(73)36(2)60-10)46(34-67)54(75)63-44-24-16-20-38-18-12-14-22-42(38)44/h11-14,17-18,21-22,35-36,39-40,43-46,49-50,59-61H,15-16,19-20,23-34H2,1-10H3,(H,62,74)(H,63,75)(H,64,72)(H,65,73)/t35-,36-,39-,40+,43+,44+,45-,46-,49+,50+/m0/s1. The predicted octanol–water partition coefficient (Wildman–Crippen LogP) is 2.63. The molecule has 0 aromatic heterocycles. The van der Waals surface area contributed by atoms with Crippen LogP contribution in [0.4, 0.5) is 0 Å². The number of aryl methyl sites for hydroxylation is 2. The third kappa shape index (κ3) is 14.2. The number of nitrogens with one attached hydrogen (secondary N) is 7. The Bertz CT molecular complexity index is 2320. The lowest BCUT2D eigenvalue weighted by Gasteiger charge is -2.44. The molecule has 3 heterocycles. The van der Waals surface area contributed by atoms with E-state index in [1.807, 2.05) is 77.9 Å². The van der Waals surface area contributed by atoms with Gasteiger partial charge in [-0.25, -0.2) is 0 Å². The van der Waals surface area contributed by atoms with E-state index in [0.29, 0.717) is 12.8 Å². The summed E-state index contributed by atoms with van der Waals surface area (Å²) in [6.45, 7) is 15.2. The Hall–Kier alpha value is -5.92. The van der Waals surface area contributed by atoms with Crippen LogP contribution in [-0.2, 0) is 51.2 Å². The molecule has 77 heavy (non-hydrogen) atoms. The molecule has 2 aromatic carbocycles. The van der Waals surface area contributed by atoms with Gasteiger partial charge < -0.3 is 56.8 Å². The van der Waals surface area contributed by atoms with Crippen molar-refractivity contribution in [1.82, 2.24) is 56.8 Å². The lowest BCUT2D eigenvalue weighted by Crippen LogP contribution is -2.66. The molecule has 0 unspecified atom stereocenters. The van der Waals surface area contributed by atoms with Crippen LogP contribution in [-0.4, -0.2) is 169 Å². The average Bonchev–Trinajstić information content (AvgIpc) is 3.85. The highest BCUT2D eigenvalue weighted by Gasteiger charge is 2.46. The number of benzene rings is 2. The van der Waals surface area contributed by atoms with Crippen LogP contribution >= 0.6 is 0 Å². The fourth-order valence-corrected chi connectivity index (χ4v) is 11.7. The Morgan fingerprint density at radius 2 is 0.935 bits per heavy atom. The maximum absolute atomic E-state index is 14.7. The van der Waals surface area contributed by atoms with Gasteiger partial charge >= 0.3 is 0 Å². The van der Waals surface area contributed by atoms with Crippen LogP contribution in [0.2, 0.25) is 0 Å². The van der Waals surface area contributed by atoms with Crippen molar-refractivity contribution < 1.29 is 38.4 Å². The Labute approximate surface area is 455 Å². The van der Waals surface area contributed by atoms with Crippen molar-refractivity contribution in [2.75, 3.05) is 53.4 Å². The molecule has 0 bridgehead atoms. The summed E-state index contributed by atoms with van der Waals surface area (Å²) in [7, 11) is 3.34. The van der Waals surface area contributed by atoms with Crippen molar-refractivity contribution in [2.24, 2.45) is 10.8 Å². The zero-order chi connectivity index (χ0) is 55.9. The first kappa shape index (κ1) is 58.8. The van der Waals surface area contributed by atoms with Gasteiger partial charge in [-0.1, -0.05) is 90.1 Å². The maximum Gasteiger partial charge on any atom is 0.246 e. The van der Waals surface area contributed by atoms with E-state index in [1.54, 1.807) is 37.7 Å². The van der Waals surface area contributed by atoms with Crippen molar-refractivity contribution in [3.05, 3.63) is 70.8 Å². The molecule has 19 nitrogen and oxygen atoms in total. The summed E-state index contributed by atoms with van der Waals surface area (Å²) in [6.07, 6.45) is 6.60. The number of carbonyl (C=O) groups excluding carboxylic acids is 8. The summed E-state index contributed by atoms with van der Waals surface area (Å²) in [5.41, 5.74) is 3.04. The summed E-state index contributed by atoms with van der Waals surface area (Å²) in [4.78, 5) is 120. The van der Waals surface area contributed by atoms with E-state index in [4.69, 9.17) is 0 Å². The van der Waals surface area contributed by atoms with Gasteiger partial charge in [0.05, 0.1) is 37.3 Å². The first-order valence-corrected chi connectivity index (χ1v) is 28.1. The minimum absolute atomic E-state index is 0.0223. The fourth-order valence-electron chi connectivity index (χ4n) is 11.7. The number of rotatable bonds is 16. The van der Waals surface area contributed by atoms with Crippen LogP contribution in [0.1, 0.15) is 141 Å². The SMILES string of the molecule is CN[C@@H](C)C(=O)N[C@H](C(=O)N1CCN(C(=O)C[C@H]2CC[C@@H](CC(=O)N3CCN(C(=O)[C@@H](NC(=O)[C@H](C)NC)C(C)(C)C)[C@H](C(=O)N[C@@H]4CCCc5ccccc54)C3)N2)C[C@H]1C(=O)N[C@@H]1CCCc2ccccc21)C(C)(C)C. The molecule has 8 amide bonds. The molecule has 2 aromatic rings. The molecule has 3 saturated heterocycles. The molecule has 7 N–H and O–H groups in total. The molecule has 0 radical (unpaired) electrons. The van der Waals surface area contributed by atoms with E-state index >= 15 is 0 Å². The third-order valence-electron chi connectivity index (χ3n) is 16.6. The van der Waals surface area contributed by atoms with E-state index in [1.165, 1.54) is 20.9 Å². The van der Waals surface area contributed by atoms with Gasteiger partial charge in [-0.2, -0.15) is 0 Å². The van der Waals surface area contributed by atoms with Gasteiger partial charge in [0.1, 0.15) is 24.2 Å². The number of nitrogens with zero attached hydrogens (tertiary/aromatic N) is 4.